The fourth-order valence-corrected chi connectivity index (χ4v) is 3.91. The lowest BCUT2D eigenvalue weighted by Gasteiger charge is -2.22. The number of rotatable bonds is 2. The van der Waals surface area contributed by atoms with E-state index >= 15 is 0 Å². The van der Waals surface area contributed by atoms with Gasteiger partial charge in [-0.1, -0.05) is 58.4 Å². The molecule has 1 aliphatic carbocycles. The first kappa shape index (κ1) is 14.8. The molecule has 0 saturated heterocycles. The molecule has 0 spiro atoms. The molecule has 0 bridgehead atoms. The normalized spacial score (nSPS) is 21.9. The van der Waals surface area contributed by atoms with Crippen LogP contribution >= 0.6 is 15.9 Å². The molecule has 0 N–H and O–H groups in total. The van der Waals surface area contributed by atoms with Crippen molar-refractivity contribution in [2.24, 2.45) is 5.92 Å². The Labute approximate surface area is 144 Å². The van der Waals surface area contributed by atoms with E-state index in [1.54, 1.807) is 0 Å². The van der Waals surface area contributed by atoms with Crippen molar-refractivity contribution in [3.63, 3.8) is 0 Å². The highest BCUT2D eigenvalue weighted by molar-refractivity contribution is 9.10. The van der Waals surface area contributed by atoms with E-state index < -0.39 is 0 Å². The minimum absolute atomic E-state index is 0.219. The largest absolute Gasteiger partial charge is 0.445 e. The summed E-state index contributed by atoms with van der Waals surface area (Å²) in [4.78, 5) is 14.3. The Hall–Kier alpha value is -1.81. The highest BCUT2D eigenvalue weighted by Crippen LogP contribution is 2.51. The molecular formula is C19H18BrNO2. The van der Waals surface area contributed by atoms with E-state index in [1.807, 2.05) is 35.2 Å². The van der Waals surface area contributed by atoms with Crippen LogP contribution < -0.4 is 0 Å². The number of amides is 1. The topological polar surface area (TPSA) is 29.5 Å². The van der Waals surface area contributed by atoms with Gasteiger partial charge in [0.2, 0.25) is 0 Å². The SMILES string of the molecule is O=C(OCc1ccccc1)N1Cc2c(Br)cccc2[C@H]2C[C@H]2C1. The summed E-state index contributed by atoms with van der Waals surface area (Å²) >= 11 is 3.64. The van der Waals surface area contributed by atoms with Gasteiger partial charge in [-0.25, -0.2) is 4.79 Å². The van der Waals surface area contributed by atoms with Gasteiger partial charge in [0.05, 0.1) is 6.54 Å². The van der Waals surface area contributed by atoms with Crippen molar-refractivity contribution in [2.45, 2.75) is 25.5 Å². The monoisotopic (exact) mass is 371 g/mol. The van der Waals surface area contributed by atoms with Gasteiger partial charge >= 0.3 is 6.09 Å². The van der Waals surface area contributed by atoms with Crippen molar-refractivity contribution < 1.29 is 9.53 Å². The molecule has 1 fully saturated rings. The van der Waals surface area contributed by atoms with E-state index in [0.29, 0.717) is 25.0 Å². The van der Waals surface area contributed by atoms with Crippen LogP contribution in [-0.2, 0) is 17.9 Å². The second kappa shape index (κ2) is 6.00. The molecule has 2 aliphatic rings. The summed E-state index contributed by atoms with van der Waals surface area (Å²) in [6.45, 7) is 1.74. The first-order valence-corrected chi connectivity index (χ1v) is 8.74. The van der Waals surface area contributed by atoms with Crippen LogP contribution in [0.2, 0.25) is 0 Å². The van der Waals surface area contributed by atoms with E-state index in [-0.39, 0.29) is 6.09 Å². The zero-order valence-electron chi connectivity index (χ0n) is 12.7. The van der Waals surface area contributed by atoms with Gasteiger partial charge < -0.3 is 9.64 Å². The molecule has 1 saturated carbocycles. The minimum atomic E-state index is -0.219. The third-order valence-corrected chi connectivity index (χ3v) is 5.49. The minimum Gasteiger partial charge on any atom is -0.445 e. The standard InChI is InChI=1S/C19H18BrNO2/c20-18-8-4-7-15-16-9-14(16)10-21(11-17(15)18)19(22)23-12-13-5-2-1-3-6-13/h1-8,14,16H,9-12H2/t14-,16-/m0/s1. The van der Waals surface area contributed by atoms with Gasteiger partial charge in [0.25, 0.3) is 0 Å². The van der Waals surface area contributed by atoms with Gasteiger partial charge in [0.15, 0.2) is 0 Å². The molecule has 23 heavy (non-hydrogen) atoms. The Morgan fingerprint density at radius 3 is 2.83 bits per heavy atom. The average molecular weight is 372 g/mol. The number of carbonyl (C=O) groups excluding carboxylic acids is 1. The van der Waals surface area contributed by atoms with E-state index in [4.69, 9.17) is 4.74 Å². The van der Waals surface area contributed by atoms with E-state index in [0.717, 1.165) is 16.6 Å². The molecule has 1 amide bonds. The van der Waals surface area contributed by atoms with Gasteiger partial charge in [0, 0.05) is 11.0 Å². The Bertz CT molecular complexity index is 731. The molecular weight excluding hydrogens is 354 g/mol. The lowest BCUT2D eigenvalue weighted by molar-refractivity contribution is 0.0924. The third kappa shape index (κ3) is 3.00. The average Bonchev–Trinajstić information content (AvgIpc) is 3.34. The molecule has 2 aromatic rings. The van der Waals surface area contributed by atoms with Crippen LogP contribution in [0.25, 0.3) is 0 Å². The highest BCUT2D eigenvalue weighted by Gasteiger charge is 2.44. The molecule has 0 radical (unpaired) electrons. The Kier molecular flexibility index (Phi) is 3.85. The lowest BCUT2D eigenvalue weighted by Crippen LogP contribution is -2.32. The lowest BCUT2D eigenvalue weighted by atomic mass is 10.0. The maximum atomic E-state index is 12.5. The zero-order valence-corrected chi connectivity index (χ0v) is 14.3. The molecule has 4 heteroatoms. The predicted octanol–water partition coefficient (Wildman–Crippen LogP) is 4.71. The maximum Gasteiger partial charge on any atom is 0.410 e. The van der Waals surface area contributed by atoms with Crippen molar-refractivity contribution in [1.29, 1.82) is 0 Å². The first-order chi connectivity index (χ1) is 11.2. The second-order valence-corrected chi connectivity index (χ2v) is 7.18. The number of hydrogen-bond acceptors (Lipinski definition) is 2. The van der Waals surface area contributed by atoms with Crippen molar-refractivity contribution in [3.05, 3.63) is 69.7 Å². The number of benzene rings is 2. The summed E-state index contributed by atoms with van der Waals surface area (Å²) in [5.41, 5.74) is 3.64. The number of ether oxygens (including phenoxy) is 1. The molecule has 2 atom stereocenters. The van der Waals surface area contributed by atoms with E-state index in [9.17, 15) is 4.79 Å². The van der Waals surface area contributed by atoms with Crippen LogP contribution in [0.1, 0.15) is 29.0 Å². The summed E-state index contributed by atoms with van der Waals surface area (Å²) in [6.07, 6.45) is 0.953. The molecule has 0 unspecified atom stereocenters. The number of hydrogen-bond donors (Lipinski definition) is 0. The van der Waals surface area contributed by atoms with Gasteiger partial charge in [-0.15, -0.1) is 0 Å². The van der Waals surface area contributed by atoms with Crippen LogP contribution in [0.3, 0.4) is 0 Å². The molecule has 4 rings (SSSR count). The number of halogens is 1. The number of nitrogens with zero attached hydrogens (tertiary/aromatic N) is 1. The summed E-state index contributed by atoms with van der Waals surface area (Å²) < 4.78 is 6.60. The molecule has 3 nitrogen and oxygen atoms in total. The van der Waals surface area contributed by atoms with Crippen LogP contribution in [-0.4, -0.2) is 17.5 Å². The van der Waals surface area contributed by atoms with Crippen molar-refractivity contribution >= 4 is 22.0 Å². The Balaban J connectivity index is 1.49. The highest BCUT2D eigenvalue weighted by atomic mass is 79.9. The summed E-state index contributed by atoms with van der Waals surface area (Å²) in [6, 6.07) is 16.1. The molecule has 2 aromatic carbocycles. The summed E-state index contributed by atoms with van der Waals surface area (Å²) in [5, 5.41) is 0. The fraction of sp³-hybridized carbons (Fsp3) is 0.316. The number of carbonyl (C=O) groups is 1. The molecule has 0 aromatic heterocycles. The van der Waals surface area contributed by atoms with E-state index in [1.165, 1.54) is 17.5 Å². The summed E-state index contributed by atoms with van der Waals surface area (Å²) in [5.74, 6) is 1.18. The second-order valence-electron chi connectivity index (χ2n) is 6.33. The maximum absolute atomic E-state index is 12.5. The van der Waals surface area contributed by atoms with Crippen LogP contribution in [0.15, 0.2) is 53.0 Å². The van der Waals surface area contributed by atoms with Crippen LogP contribution in [0.4, 0.5) is 4.79 Å². The van der Waals surface area contributed by atoms with Gasteiger partial charge in [-0.3, -0.25) is 0 Å². The fourth-order valence-electron chi connectivity index (χ4n) is 3.41. The Morgan fingerprint density at radius 2 is 2.00 bits per heavy atom. The van der Waals surface area contributed by atoms with Gasteiger partial charge in [-0.2, -0.15) is 0 Å². The van der Waals surface area contributed by atoms with Gasteiger partial charge in [0.1, 0.15) is 6.61 Å². The van der Waals surface area contributed by atoms with Crippen molar-refractivity contribution in [3.8, 4) is 0 Å². The van der Waals surface area contributed by atoms with Crippen molar-refractivity contribution in [2.75, 3.05) is 6.54 Å². The molecule has 118 valence electrons. The quantitative estimate of drug-likeness (QED) is 0.765. The van der Waals surface area contributed by atoms with Crippen LogP contribution in [0, 0.1) is 5.92 Å². The van der Waals surface area contributed by atoms with Gasteiger partial charge in [-0.05, 0) is 41.0 Å². The summed E-state index contributed by atoms with van der Waals surface area (Å²) in [7, 11) is 0. The smallest absolute Gasteiger partial charge is 0.410 e. The Morgan fingerprint density at radius 1 is 1.17 bits per heavy atom. The predicted molar refractivity (Wildman–Crippen MR) is 92.0 cm³/mol. The number of fused-ring (bicyclic) bond motifs is 3. The van der Waals surface area contributed by atoms with E-state index in [2.05, 4.69) is 34.1 Å². The van der Waals surface area contributed by atoms with Crippen molar-refractivity contribution in [1.82, 2.24) is 4.90 Å². The van der Waals surface area contributed by atoms with Crippen LogP contribution in [0.5, 0.6) is 0 Å². The molecule has 1 aliphatic heterocycles. The first-order valence-electron chi connectivity index (χ1n) is 7.95. The zero-order chi connectivity index (χ0) is 15.8. The third-order valence-electron chi connectivity index (χ3n) is 4.74. The molecule has 1 heterocycles.